The minimum absolute atomic E-state index is 0.0848. The fourth-order valence-electron chi connectivity index (χ4n) is 11.9. The first-order valence-corrected chi connectivity index (χ1v) is 24.7. The van der Waals surface area contributed by atoms with Crippen LogP contribution in [0.3, 0.4) is 0 Å². The highest BCUT2D eigenvalue weighted by atomic mass is 33.1. The number of nitrogens with zero attached hydrogens (tertiary/aromatic N) is 1. The Morgan fingerprint density at radius 1 is 0.946 bits per heavy atom. The molecule has 0 aromatic heterocycles. The number of likely N-dealkylation sites (tertiary alicyclic amines) is 1. The zero-order valence-electron chi connectivity index (χ0n) is 35.2. The number of carboxylic acids is 1. The van der Waals surface area contributed by atoms with Gasteiger partial charge in [-0.2, -0.15) is 0 Å². The van der Waals surface area contributed by atoms with E-state index in [0.717, 1.165) is 54.1 Å². The second kappa shape index (κ2) is 21.0. The Kier molecular flexibility index (Phi) is 17.0. The minimum atomic E-state index is -1.07. The number of carbonyl (C=O) groups excluding carboxylic acids is 3. The quantitative estimate of drug-likeness (QED) is 0.0449. The van der Waals surface area contributed by atoms with Crippen molar-refractivity contribution < 1.29 is 34.1 Å². The molecule has 0 bridgehead atoms. The average Bonchev–Trinajstić information content (AvgIpc) is 3.74. The number of hydrogen-bond donors (Lipinski definition) is 3. The van der Waals surface area contributed by atoms with Crippen molar-refractivity contribution in [1.29, 1.82) is 0 Å². The van der Waals surface area contributed by atoms with Crippen LogP contribution in [0.4, 0.5) is 0 Å². The van der Waals surface area contributed by atoms with Gasteiger partial charge in [-0.25, -0.2) is 0 Å². The van der Waals surface area contributed by atoms with Gasteiger partial charge in [0.05, 0.1) is 32.0 Å². The maximum absolute atomic E-state index is 12.8. The predicted molar refractivity (Wildman–Crippen MR) is 227 cm³/mol. The smallest absolute Gasteiger partial charge is 0.306 e. The van der Waals surface area contributed by atoms with Crippen molar-refractivity contribution in [1.82, 2.24) is 10.2 Å². The van der Waals surface area contributed by atoms with Gasteiger partial charge in [0.2, 0.25) is 11.8 Å². The maximum Gasteiger partial charge on any atom is 0.306 e. The van der Waals surface area contributed by atoms with Crippen molar-refractivity contribution >= 4 is 45.3 Å². The third-order valence-electron chi connectivity index (χ3n) is 15.0. The first-order chi connectivity index (χ1) is 26.7. The Bertz CT molecular complexity index is 1380. The fraction of sp³-hybridized carbons (Fsp3) is 0.867. The molecule has 5 rings (SSSR count). The van der Waals surface area contributed by atoms with Gasteiger partial charge in [0, 0.05) is 36.8 Å². The van der Waals surface area contributed by atoms with E-state index in [-0.39, 0.29) is 37.8 Å². The summed E-state index contributed by atoms with van der Waals surface area (Å²) in [4.78, 5) is 49.6. The number of aliphatic carboxylic acids is 1. The summed E-state index contributed by atoms with van der Waals surface area (Å²) in [6.07, 6.45) is 20.2. The molecule has 4 fully saturated rings. The summed E-state index contributed by atoms with van der Waals surface area (Å²) in [5.41, 5.74) is 2.66. The van der Waals surface area contributed by atoms with E-state index in [1.54, 1.807) is 10.5 Å². The van der Waals surface area contributed by atoms with Crippen LogP contribution in [-0.2, 0) is 23.9 Å². The molecule has 56 heavy (non-hydrogen) atoms. The normalized spacial score (nSPS) is 32.9. The van der Waals surface area contributed by atoms with Crippen LogP contribution in [0.1, 0.15) is 157 Å². The number of esters is 1. The molecule has 1 aliphatic heterocycles. The van der Waals surface area contributed by atoms with Gasteiger partial charge >= 0.3 is 11.9 Å². The molecule has 1 heterocycles. The Morgan fingerprint density at radius 3 is 2.50 bits per heavy atom. The lowest BCUT2D eigenvalue weighted by Crippen LogP contribution is -2.50. The number of fused-ring (bicyclic) bond motifs is 5. The molecule has 11 heteroatoms. The van der Waals surface area contributed by atoms with Gasteiger partial charge in [-0.1, -0.05) is 93.5 Å². The molecule has 0 radical (unpaired) electrons. The number of aliphatic hydroxyl groups is 1. The number of carboxylic acid groups (broad SMARTS) is 1. The number of allylic oxidation sites excluding steroid dienone is 2. The van der Waals surface area contributed by atoms with E-state index in [0.29, 0.717) is 48.3 Å². The van der Waals surface area contributed by atoms with Gasteiger partial charge < -0.3 is 25.2 Å². The molecule has 3 unspecified atom stereocenters. The number of amides is 2. The van der Waals surface area contributed by atoms with Crippen LogP contribution < -0.4 is 5.32 Å². The van der Waals surface area contributed by atoms with Crippen LogP contribution in [0.25, 0.3) is 0 Å². The van der Waals surface area contributed by atoms with Crippen LogP contribution in [0.2, 0.25) is 0 Å². The van der Waals surface area contributed by atoms with Crippen LogP contribution >= 0.6 is 21.6 Å². The lowest BCUT2D eigenvalue weighted by atomic mass is 9.47. The van der Waals surface area contributed by atoms with E-state index in [9.17, 15) is 24.3 Å². The second-order valence-electron chi connectivity index (χ2n) is 19.1. The molecular formula is C45H74N2O7S2. The summed E-state index contributed by atoms with van der Waals surface area (Å²) in [7, 11) is 3.86. The zero-order valence-corrected chi connectivity index (χ0v) is 36.9. The molecule has 3 N–H and O–H groups in total. The van der Waals surface area contributed by atoms with Gasteiger partial charge in [0.25, 0.3) is 0 Å². The number of carbonyl (C=O) groups is 4. The van der Waals surface area contributed by atoms with Gasteiger partial charge in [0.1, 0.15) is 6.10 Å². The van der Waals surface area contributed by atoms with Crippen molar-refractivity contribution in [2.45, 2.75) is 174 Å². The zero-order chi connectivity index (χ0) is 40.5. The molecule has 10 atom stereocenters. The van der Waals surface area contributed by atoms with Gasteiger partial charge in [-0.3, -0.25) is 19.2 Å². The Balaban J connectivity index is 0.938. The average molecular weight is 819 g/mol. The van der Waals surface area contributed by atoms with E-state index in [4.69, 9.17) is 9.84 Å². The molecule has 1 saturated heterocycles. The third-order valence-corrected chi connectivity index (χ3v) is 17.9. The highest BCUT2D eigenvalue weighted by Gasteiger charge is 2.59. The summed E-state index contributed by atoms with van der Waals surface area (Å²) in [6, 6.07) is -0.405. The molecule has 0 spiro atoms. The van der Waals surface area contributed by atoms with Crippen LogP contribution in [0, 0.1) is 46.3 Å². The molecule has 318 valence electrons. The van der Waals surface area contributed by atoms with Crippen LogP contribution in [0.15, 0.2) is 11.6 Å². The van der Waals surface area contributed by atoms with Crippen molar-refractivity contribution in [3.63, 3.8) is 0 Å². The van der Waals surface area contributed by atoms with Gasteiger partial charge in [-0.05, 0) is 111 Å². The SMILES string of the molecule is CC(C)CCC[C@@H](C)[C@H]1CCC2C3CC=C4C[C@@H](SSCCC(=O)NCCCCCC(=O)N5C[C@H](OC(=O)CCC(=O)O)C[C@H]5CO)CC[C@]4(C)C3CC[C@@]21C. The molecule has 3 saturated carbocycles. The summed E-state index contributed by atoms with van der Waals surface area (Å²) in [5, 5.41) is 22.2. The number of hydrogen-bond acceptors (Lipinski definition) is 8. The molecular weight excluding hydrogens is 745 g/mol. The number of unbranched alkanes of at least 4 members (excludes halogenated alkanes) is 2. The molecule has 5 aliphatic rings. The number of nitrogens with one attached hydrogen (secondary N) is 1. The number of rotatable bonds is 21. The largest absolute Gasteiger partial charge is 0.481 e. The van der Waals surface area contributed by atoms with E-state index < -0.39 is 24.1 Å². The summed E-state index contributed by atoms with van der Waals surface area (Å²) < 4.78 is 5.34. The summed E-state index contributed by atoms with van der Waals surface area (Å²) >= 11 is 0. The van der Waals surface area contributed by atoms with Gasteiger partial charge in [0.15, 0.2) is 0 Å². The Labute approximate surface area is 345 Å². The standard InChI is InChI=1S/C45H74N2O7S2/c1-30(2)10-9-11-31(3)37-15-16-38-36-14-13-32-26-35(19-22-44(32,4)39(36)20-23-45(37,38)5)56-55-25-21-40(49)46-24-8-6-7-12-41(50)47-28-34(27-33(47)29-48)54-43(53)18-17-42(51)52/h13,30-31,33-39,48H,6-12,14-29H2,1-5H3,(H,46,49)(H,51,52)/t31-,33+,34-,35+,36?,37-,38?,39?,44+,45-/m1/s1. The molecule has 0 aromatic carbocycles. The van der Waals surface area contributed by atoms with Gasteiger partial charge in [-0.15, -0.1) is 0 Å². The Hall–Kier alpha value is -1.72. The van der Waals surface area contributed by atoms with E-state index >= 15 is 0 Å². The number of aliphatic hydroxyl groups excluding tert-OH is 1. The molecule has 2 amide bonds. The molecule has 9 nitrogen and oxygen atoms in total. The van der Waals surface area contributed by atoms with E-state index in [1.165, 1.54) is 70.6 Å². The molecule has 4 aliphatic carbocycles. The third kappa shape index (κ3) is 11.5. The topological polar surface area (TPSA) is 133 Å². The van der Waals surface area contributed by atoms with E-state index in [2.05, 4.69) is 46.0 Å². The lowest BCUT2D eigenvalue weighted by Gasteiger charge is -2.58. The first kappa shape index (κ1) is 45.4. The Morgan fingerprint density at radius 2 is 1.75 bits per heavy atom. The van der Waals surface area contributed by atoms with Crippen molar-refractivity contribution in [2.24, 2.45) is 46.3 Å². The highest BCUT2D eigenvalue weighted by Crippen LogP contribution is 2.67. The molecule has 0 aromatic rings. The van der Waals surface area contributed by atoms with E-state index in [1.807, 2.05) is 21.6 Å². The maximum atomic E-state index is 12.8. The first-order valence-electron chi connectivity index (χ1n) is 22.3. The number of ether oxygens (including phenoxy) is 1. The van der Waals surface area contributed by atoms with Crippen molar-refractivity contribution in [3.8, 4) is 0 Å². The van der Waals surface area contributed by atoms with Crippen molar-refractivity contribution in [3.05, 3.63) is 11.6 Å². The summed E-state index contributed by atoms with van der Waals surface area (Å²) in [6.45, 7) is 13.2. The van der Waals surface area contributed by atoms with Crippen LogP contribution in [-0.4, -0.2) is 81.7 Å². The highest BCUT2D eigenvalue weighted by molar-refractivity contribution is 8.76. The minimum Gasteiger partial charge on any atom is -0.481 e. The summed E-state index contributed by atoms with van der Waals surface area (Å²) in [5.74, 6) is 4.36. The monoisotopic (exact) mass is 818 g/mol. The lowest BCUT2D eigenvalue weighted by molar-refractivity contribution is -0.152. The van der Waals surface area contributed by atoms with Crippen LogP contribution in [0.5, 0.6) is 0 Å². The predicted octanol–water partition coefficient (Wildman–Crippen LogP) is 9.21. The van der Waals surface area contributed by atoms with Crippen molar-refractivity contribution in [2.75, 3.05) is 25.4 Å². The second-order valence-corrected chi connectivity index (χ2v) is 21.9. The fourth-order valence-corrected chi connectivity index (χ4v) is 14.6.